The quantitative estimate of drug-likeness (QED) is 0.373. The molecule has 168 valence electrons. The molecule has 3 rings (SSSR count). The van der Waals surface area contributed by atoms with E-state index in [-0.39, 0.29) is 11.4 Å². The SMILES string of the molecule is CCc1nc(C(Cc2ccc(NS(=O)(=O)O)cc2)NS(=O)(=O)Cc2cn(C)cn2)cs1. The van der Waals surface area contributed by atoms with E-state index >= 15 is 0 Å². The minimum absolute atomic E-state index is 0.195. The van der Waals surface area contributed by atoms with Crippen molar-refractivity contribution in [1.29, 1.82) is 0 Å². The lowest BCUT2D eigenvalue weighted by Crippen LogP contribution is -2.31. The van der Waals surface area contributed by atoms with Crippen LogP contribution in [0.1, 0.15) is 34.9 Å². The number of rotatable bonds is 10. The second kappa shape index (κ2) is 9.44. The lowest BCUT2D eigenvalue weighted by atomic mass is 10.0. The Bertz CT molecular complexity index is 1230. The molecule has 3 aromatic rings. The smallest absolute Gasteiger partial charge is 0.340 e. The molecule has 0 radical (unpaired) electrons. The van der Waals surface area contributed by atoms with Crippen molar-refractivity contribution in [2.24, 2.45) is 7.05 Å². The molecule has 2 heterocycles. The number of thiazole rings is 1. The van der Waals surface area contributed by atoms with Gasteiger partial charge < -0.3 is 4.57 Å². The third-order valence-corrected chi connectivity index (χ3v) is 7.11. The largest absolute Gasteiger partial charge is 0.357 e. The summed E-state index contributed by atoms with van der Waals surface area (Å²) in [6.45, 7) is 1.98. The van der Waals surface area contributed by atoms with Crippen LogP contribution in [-0.2, 0) is 46.0 Å². The summed E-state index contributed by atoms with van der Waals surface area (Å²) in [6.07, 6.45) is 4.24. The number of hydrogen-bond donors (Lipinski definition) is 3. The maximum atomic E-state index is 12.8. The minimum atomic E-state index is -4.37. The molecule has 1 unspecified atom stereocenters. The predicted octanol–water partition coefficient (Wildman–Crippen LogP) is 2.06. The molecule has 13 heteroatoms. The monoisotopic (exact) mass is 485 g/mol. The highest BCUT2D eigenvalue weighted by Gasteiger charge is 2.23. The first-order valence-corrected chi connectivity index (χ1v) is 13.3. The van der Waals surface area contributed by atoms with Gasteiger partial charge in [-0.1, -0.05) is 19.1 Å². The van der Waals surface area contributed by atoms with Gasteiger partial charge in [0.15, 0.2) is 0 Å². The number of nitrogens with one attached hydrogen (secondary N) is 2. The Labute approximate surface area is 185 Å². The number of sulfonamides is 1. The first kappa shape index (κ1) is 23.3. The zero-order chi connectivity index (χ0) is 22.6. The van der Waals surface area contributed by atoms with Gasteiger partial charge in [-0.25, -0.2) is 23.1 Å². The Balaban J connectivity index is 1.81. The number of benzene rings is 1. The van der Waals surface area contributed by atoms with E-state index in [1.165, 1.54) is 23.5 Å². The van der Waals surface area contributed by atoms with Crippen LogP contribution in [-0.4, -0.2) is 35.9 Å². The third kappa shape index (κ3) is 7.11. The van der Waals surface area contributed by atoms with Crippen molar-refractivity contribution in [3.05, 3.63) is 64.1 Å². The first-order chi connectivity index (χ1) is 14.5. The number of imidazole rings is 1. The number of aryl methyl sites for hydroxylation is 2. The molecule has 0 amide bonds. The molecule has 0 aliphatic carbocycles. The normalized spacial score (nSPS) is 13.3. The van der Waals surface area contributed by atoms with Crippen molar-refractivity contribution in [2.45, 2.75) is 31.6 Å². The molecule has 3 N–H and O–H groups in total. The van der Waals surface area contributed by atoms with Gasteiger partial charge in [-0.05, 0) is 30.5 Å². The Morgan fingerprint density at radius 1 is 1.19 bits per heavy atom. The fourth-order valence-corrected chi connectivity index (χ4v) is 5.43. The van der Waals surface area contributed by atoms with E-state index in [0.717, 1.165) is 17.0 Å². The summed E-state index contributed by atoms with van der Waals surface area (Å²) >= 11 is 1.46. The van der Waals surface area contributed by atoms with Crippen LogP contribution in [0.4, 0.5) is 5.69 Å². The molecule has 0 fully saturated rings. The number of nitrogens with zero attached hydrogens (tertiary/aromatic N) is 3. The Morgan fingerprint density at radius 2 is 1.90 bits per heavy atom. The van der Waals surface area contributed by atoms with Gasteiger partial charge in [0, 0.05) is 18.6 Å². The molecule has 1 aromatic carbocycles. The summed E-state index contributed by atoms with van der Waals surface area (Å²) in [5.41, 5.74) is 2.01. The molecule has 2 aromatic heterocycles. The van der Waals surface area contributed by atoms with Crippen molar-refractivity contribution in [2.75, 3.05) is 4.72 Å². The van der Waals surface area contributed by atoms with Crippen molar-refractivity contribution < 1.29 is 21.4 Å². The summed E-state index contributed by atoms with van der Waals surface area (Å²) in [4.78, 5) is 8.61. The van der Waals surface area contributed by atoms with E-state index in [2.05, 4.69) is 14.7 Å². The molecule has 0 saturated heterocycles. The van der Waals surface area contributed by atoms with Gasteiger partial charge in [-0.3, -0.25) is 9.27 Å². The topological polar surface area (TPSA) is 143 Å². The van der Waals surface area contributed by atoms with Crippen LogP contribution in [0.25, 0.3) is 0 Å². The predicted molar refractivity (Wildman–Crippen MR) is 119 cm³/mol. The molecule has 0 spiro atoms. The molecular formula is C18H23N5O5S3. The van der Waals surface area contributed by atoms with Crippen molar-refractivity contribution in [1.82, 2.24) is 19.3 Å². The van der Waals surface area contributed by atoms with Gasteiger partial charge in [0.2, 0.25) is 10.0 Å². The zero-order valence-corrected chi connectivity index (χ0v) is 19.3. The number of anilines is 1. The van der Waals surface area contributed by atoms with E-state index in [0.29, 0.717) is 17.8 Å². The molecule has 0 bridgehead atoms. The number of aromatic nitrogens is 3. The maximum absolute atomic E-state index is 12.8. The molecule has 31 heavy (non-hydrogen) atoms. The van der Waals surface area contributed by atoms with E-state index in [9.17, 15) is 16.8 Å². The van der Waals surface area contributed by atoms with Crippen LogP contribution >= 0.6 is 11.3 Å². The van der Waals surface area contributed by atoms with Gasteiger partial charge in [0.25, 0.3) is 0 Å². The van der Waals surface area contributed by atoms with Crippen LogP contribution in [0.5, 0.6) is 0 Å². The summed E-state index contributed by atoms with van der Waals surface area (Å²) < 4.78 is 62.7. The highest BCUT2D eigenvalue weighted by atomic mass is 32.2. The first-order valence-electron chi connectivity index (χ1n) is 9.28. The number of hydrogen-bond acceptors (Lipinski definition) is 7. The van der Waals surface area contributed by atoms with Crippen LogP contribution in [0.2, 0.25) is 0 Å². The fourth-order valence-electron chi connectivity index (χ4n) is 2.94. The molecule has 0 aliphatic heterocycles. The van der Waals surface area contributed by atoms with Gasteiger partial charge >= 0.3 is 10.3 Å². The van der Waals surface area contributed by atoms with Crippen molar-refractivity contribution >= 4 is 37.4 Å². The molecule has 1 atom stereocenters. The standard InChI is InChI=1S/C18H23N5O5S3/c1-3-18-20-17(10-29-18)16(22-30(24,25)11-15-9-23(2)12-19-15)8-13-4-6-14(7-5-13)21-31(26,27)28/h4-7,9-10,12,16,21-22H,3,8,11H2,1-2H3,(H,26,27,28). The fraction of sp³-hybridized carbons (Fsp3) is 0.333. The van der Waals surface area contributed by atoms with Crippen LogP contribution in [0.3, 0.4) is 0 Å². The van der Waals surface area contributed by atoms with E-state index in [1.54, 1.807) is 36.3 Å². The van der Waals surface area contributed by atoms with Crippen LogP contribution in [0.15, 0.2) is 42.2 Å². The highest BCUT2D eigenvalue weighted by Crippen LogP contribution is 2.24. The Hall–Kier alpha value is -2.32. The second-order valence-electron chi connectivity index (χ2n) is 6.96. The van der Waals surface area contributed by atoms with Gasteiger partial charge in [-0.2, -0.15) is 8.42 Å². The Morgan fingerprint density at radius 3 is 2.45 bits per heavy atom. The van der Waals surface area contributed by atoms with Crippen LogP contribution in [0, 0.1) is 0 Å². The Kier molecular flexibility index (Phi) is 7.11. The zero-order valence-electron chi connectivity index (χ0n) is 16.9. The van der Waals surface area contributed by atoms with Gasteiger partial charge in [0.05, 0.1) is 34.5 Å². The van der Waals surface area contributed by atoms with Gasteiger partial charge in [-0.15, -0.1) is 11.3 Å². The molecule has 0 aliphatic rings. The lowest BCUT2D eigenvalue weighted by molar-refractivity contribution is 0.489. The summed E-state index contributed by atoms with van der Waals surface area (Å²) in [6, 6.07) is 5.68. The van der Waals surface area contributed by atoms with Crippen molar-refractivity contribution in [3.8, 4) is 0 Å². The third-order valence-electron chi connectivity index (χ3n) is 4.29. The average Bonchev–Trinajstić information content (AvgIpc) is 3.30. The van der Waals surface area contributed by atoms with Gasteiger partial charge in [0.1, 0.15) is 5.75 Å². The summed E-state index contributed by atoms with van der Waals surface area (Å²) in [7, 11) is -6.31. The lowest BCUT2D eigenvalue weighted by Gasteiger charge is -2.17. The maximum Gasteiger partial charge on any atom is 0.357 e. The van der Waals surface area contributed by atoms with Crippen LogP contribution < -0.4 is 9.44 Å². The molecule has 10 nitrogen and oxygen atoms in total. The molecular weight excluding hydrogens is 462 g/mol. The summed E-state index contributed by atoms with van der Waals surface area (Å²) in [5, 5.41) is 2.73. The average molecular weight is 486 g/mol. The van der Waals surface area contributed by atoms with E-state index in [4.69, 9.17) is 4.55 Å². The van der Waals surface area contributed by atoms with E-state index < -0.39 is 26.4 Å². The highest BCUT2D eigenvalue weighted by molar-refractivity contribution is 7.88. The van der Waals surface area contributed by atoms with E-state index in [1.807, 2.05) is 17.0 Å². The molecule has 0 saturated carbocycles. The second-order valence-corrected chi connectivity index (χ2v) is 10.8. The minimum Gasteiger partial charge on any atom is -0.340 e. The summed E-state index contributed by atoms with van der Waals surface area (Å²) in [5.74, 6) is -0.258. The van der Waals surface area contributed by atoms with Crippen molar-refractivity contribution in [3.63, 3.8) is 0 Å².